The molecule has 0 aliphatic carbocycles. The quantitative estimate of drug-likeness (QED) is 0.597. The van der Waals surface area contributed by atoms with Crippen LogP contribution in [0.5, 0.6) is 0 Å². The lowest BCUT2D eigenvalue weighted by Gasteiger charge is -2.06. The zero-order chi connectivity index (χ0) is 12.0. The molecule has 1 unspecified atom stereocenters. The second kappa shape index (κ2) is 6.23. The third-order valence-corrected chi connectivity index (χ3v) is 3.40. The Hall–Kier alpha value is -1.42. The van der Waals surface area contributed by atoms with Gasteiger partial charge in [-0.15, -0.1) is 0 Å². The Morgan fingerprint density at radius 2 is 2.00 bits per heavy atom. The van der Waals surface area contributed by atoms with Gasteiger partial charge in [-0.1, -0.05) is 24.3 Å². The number of carbonyl (C=O) groups is 1. The van der Waals surface area contributed by atoms with Crippen molar-refractivity contribution in [1.82, 2.24) is 0 Å². The molecule has 86 valence electrons. The molecule has 4 heteroatoms. The predicted octanol–water partition coefficient (Wildman–Crippen LogP) is 2.26. The molecular weight excluding hydrogens is 224 g/mol. The van der Waals surface area contributed by atoms with E-state index in [0.717, 1.165) is 0 Å². The number of ether oxygens (including phenoxy) is 1. The van der Waals surface area contributed by atoms with E-state index in [1.807, 2.05) is 6.07 Å². The molecule has 0 aliphatic heterocycles. The maximum atomic E-state index is 12.0. The zero-order valence-corrected chi connectivity index (χ0v) is 10.1. The van der Waals surface area contributed by atoms with E-state index in [0.29, 0.717) is 4.90 Å². The Balaban J connectivity index is 2.92. The molecule has 1 atom stereocenters. The number of hydrogen-bond acceptors (Lipinski definition) is 3. The molecule has 16 heavy (non-hydrogen) atoms. The molecule has 1 rings (SSSR count). The molecule has 0 N–H and O–H groups in total. The summed E-state index contributed by atoms with van der Waals surface area (Å²) in [7, 11) is -1.47. The van der Waals surface area contributed by atoms with E-state index in [9.17, 15) is 9.00 Å². The van der Waals surface area contributed by atoms with Gasteiger partial charge < -0.3 is 4.74 Å². The fourth-order valence-electron chi connectivity index (χ4n) is 1.17. The van der Waals surface area contributed by atoms with Crippen LogP contribution in [-0.4, -0.2) is 16.8 Å². The maximum absolute atomic E-state index is 12.0. The first kappa shape index (κ1) is 12.6. The van der Waals surface area contributed by atoms with Gasteiger partial charge in [0, 0.05) is 4.90 Å². The van der Waals surface area contributed by atoms with Crippen molar-refractivity contribution in [3.63, 3.8) is 0 Å². The third-order valence-electron chi connectivity index (χ3n) is 1.90. The van der Waals surface area contributed by atoms with Gasteiger partial charge in [-0.25, -0.2) is 9.00 Å². The zero-order valence-electron chi connectivity index (χ0n) is 9.30. The van der Waals surface area contributed by atoms with Gasteiger partial charge >= 0.3 is 5.97 Å². The van der Waals surface area contributed by atoms with Crippen molar-refractivity contribution in [1.29, 1.82) is 0 Å². The molecule has 0 bridgehead atoms. The summed E-state index contributed by atoms with van der Waals surface area (Å²) in [6, 6.07) is 8.84. The van der Waals surface area contributed by atoms with Crippen LogP contribution < -0.4 is 0 Å². The fourth-order valence-corrected chi connectivity index (χ4v) is 2.26. The molecule has 0 heterocycles. The van der Waals surface area contributed by atoms with Gasteiger partial charge in [0.2, 0.25) is 0 Å². The Bertz CT molecular complexity index is 410. The van der Waals surface area contributed by atoms with E-state index in [1.54, 1.807) is 38.1 Å². The number of benzene rings is 1. The van der Waals surface area contributed by atoms with Crippen molar-refractivity contribution in [3.8, 4) is 0 Å². The maximum Gasteiger partial charge on any atom is 0.347 e. The standard InChI is InChI=1S/C12H14O3S/c1-3-11(12(13)15-4-2)16(14)10-8-6-5-7-9-10/h3,5-9H,4H2,1-2H3. The summed E-state index contributed by atoms with van der Waals surface area (Å²) in [5.74, 6) is -0.521. The van der Waals surface area contributed by atoms with Crippen molar-refractivity contribution in [2.75, 3.05) is 6.61 Å². The van der Waals surface area contributed by atoms with Gasteiger partial charge in [0.1, 0.15) is 4.91 Å². The number of carbonyl (C=O) groups excluding carboxylic acids is 1. The van der Waals surface area contributed by atoms with Crippen molar-refractivity contribution < 1.29 is 13.7 Å². The first-order valence-electron chi connectivity index (χ1n) is 5.01. The highest BCUT2D eigenvalue weighted by Gasteiger charge is 2.18. The molecule has 0 radical (unpaired) electrons. The van der Waals surface area contributed by atoms with Crippen LogP contribution in [0.3, 0.4) is 0 Å². The topological polar surface area (TPSA) is 43.4 Å². The van der Waals surface area contributed by atoms with Gasteiger partial charge in [0.25, 0.3) is 0 Å². The Morgan fingerprint density at radius 3 is 2.50 bits per heavy atom. The molecule has 0 spiro atoms. The van der Waals surface area contributed by atoms with E-state index in [-0.39, 0.29) is 11.5 Å². The van der Waals surface area contributed by atoms with Crippen LogP contribution in [0.4, 0.5) is 0 Å². The first-order valence-corrected chi connectivity index (χ1v) is 6.16. The fraction of sp³-hybridized carbons (Fsp3) is 0.250. The van der Waals surface area contributed by atoms with Crippen molar-refractivity contribution in [2.24, 2.45) is 0 Å². The monoisotopic (exact) mass is 238 g/mol. The summed E-state index contributed by atoms with van der Waals surface area (Å²) in [5.41, 5.74) is 0. The molecule has 0 fully saturated rings. The van der Waals surface area contributed by atoms with Gasteiger partial charge in [-0.05, 0) is 26.0 Å². The van der Waals surface area contributed by atoms with Crippen molar-refractivity contribution in [3.05, 3.63) is 41.3 Å². The first-order chi connectivity index (χ1) is 7.70. The lowest BCUT2D eigenvalue weighted by Crippen LogP contribution is -2.12. The van der Waals surface area contributed by atoms with E-state index in [1.165, 1.54) is 6.08 Å². The molecule has 3 nitrogen and oxygen atoms in total. The number of hydrogen-bond donors (Lipinski definition) is 0. The summed E-state index contributed by atoms with van der Waals surface area (Å²) in [6.07, 6.45) is 1.53. The minimum absolute atomic E-state index is 0.188. The molecule has 0 amide bonds. The lowest BCUT2D eigenvalue weighted by atomic mass is 10.4. The van der Waals surface area contributed by atoms with E-state index in [2.05, 4.69) is 0 Å². The van der Waals surface area contributed by atoms with Crippen molar-refractivity contribution in [2.45, 2.75) is 18.7 Å². The predicted molar refractivity (Wildman–Crippen MR) is 63.2 cm³/mol. The number of allylic oxidation sites excluding steroid dienone is 1. The van der Waals surface area contributed by atoms with Crippen LogP contribution in [0, 0.1) is 0 Å². The van der Waals surface area contributed by atoms with Crippen LogP contribution >= 0.6 is 0 Å². The van der Waals surface area contributed by atoms with E-state index >= 15 is 0 Å². The highest BCUT2D eigenvalue weighted by molar-refractivity contribution is 7.90. The average molecular weight is 238 g/mol. The second-order valence-electron chi connectivity index (χ2n) is 2.96. The summed E-state index contributed by atoms with van der Waals surface area (Å²) in [4.78, 5) is 12.3. The molecule has 1 aromatic carbocycles. The molecule has 0 aromatic heterocycles. The number of esters is 1. The molecular formula is C12H14O3S. The Morgan fingerprint density at radius 1 is 1.38 bits per heavy atom. The van der Waals surface area contributed by atoms with Crippen LogP contribution in [0.2, 0.25) is 0 Å². The molecule has 1 aromatic rings. The lowest BCUT2D eigenvalue weighted by molar-refractivity contribution is -0.137. The normalized spacial score (nSPS) is 13.2. The summed E-state index contributed by atoms with van der Waals surface area (Å²) in [5, 5.41) is 0. The van der Waals surface area contributed by atoms with Gasteiger partial charge in [-0.3, -0.25) is 0 Å². The summed E-state index contributed by atoms with van der Waals surface area (Å²) < 4.78 is 16.9. The van der Waals surface area contributed by atoms with E-state index < -0.39 is 16.8 Å². The van der Waals surface area contributed by atoms with Crippen LogP contribution in [0.25, 0.3) is 0 Å². The van der Waals surface area contributed by atoms with Crippen LogP contribution in [-0.2, 0) is 20.3 Å². The SMILES string of the molecule is CC=C(C(=O)OCC)S(=O)c1ccccc1. The minimum Gasteiger partial charge on any atom is -0.462 e. The highest BCUT2D eigenvalue weighted by atomic mass is 32.2. The Labute approximate surface area is 97.6 Å². The molecule has 0 aliphatic rings. The van der Waals surface area contributed by atoms with Gasteiger partial charge in [0.15, 0.2) is 0 Å². The van der Waals surface area contributed by atoms with Crippen molar-refractivity contribution >= 4 is 16.8 Å². The smallest absolute Gasteiger partial charge is 0.347 e. The van der Waals surface area contributed by atoms with Gasteiger partial charge in [-0.2, -0.15) is 0 Å². The van der Waals surface area contributed by atoms with Gasteiger partial charge in [0.05, 0.1) is 17.4 Å². The molecule has 0 saturated heterocycles. The van der Waals surface area contributed by atoms with Crippen LogP contribution in [0.1, 0.15) is 13.8 Å². The summed E-state index contributed by atoms with van der Waals surface area (Å²) >= 11 is 0. The average Bonchev–Trinajstić information content (AvgIpc) is 2.31. The molecule has 0 saturated carbocycles. The third kappa shape index (κ3) is 3.03. The summed E-state index contributed by atoms with van der Waals surface area (Å²) in [6.45, 7) is 3.67. The Kier molecular flexibility index (Phi) is 4.92. The number of rotatable bonds is 4. The second-order valence-corrected chi connectivity index (χ2v) is 4.40. The van der Waals surface area contributed by atoms with Crippen LogP contribution in [0.15, 0.2) is 46.2 Å². The van der Waals surface area contributed by atoms with E-state index in [4.69, 9.17) is 4.74 Å². The minimum atomic E-state index is -1.47. The highest BCUT2D eigenvalue weighted by Crippen LogP contribution is 2.15. The largest absolute Gasteiger partial charge is 0.462 e.